The maximum atomic E-state index is 14.0. The minimum Gasteiger partial charge on any atom is -0.317 e. The third-order valence-electron chi connectivity index (χ3n) is 4.48. The Morgan fingerprint density at radius 2 is 1.40 bits per heavy atom. The van der Waals surface area contributed by atoms with E-state index in [9.17, 15) is 22.0 Å². The molecule has 0 saturated heterocycles. The number of hydrogen-bond acceptors (Lipinski definition) is 1. The zero-order valence-corrected chi connectivity index (χ0v) is 11.5. The van der Waals surface area contributed by atoms with Gasteiger partial charge in [-0.2, -0.15) is 8.78 Å². The van der Waals surface area contributed by atoms with Gasteiger partial charge in [-0.3, -0.25) is 0 Å². The standard InChI is InChI=1S/C14H21F5O/c1-8-2-4-9(5-3-8)14(18,19)20-10-6-11(15)13(17)12(16)7-10/h8-13H,2-7H2,1H3. The van der Waals surface area contributed by atoms with Gasteiger partial charge in [0.2, 0.25) is 0 Å². The third-order valence-corrected chi connectivity index (χ3v) is 4.48. The highest BCUT2D eigenvalue weighted by atomic mass is 19.3. The van der Waals surface area contributed by atoms with Crippen molar-refractivity contribution in [3.8, 4) is 0 Å². The number of ether oxygens (including phenoxy) is 1. The van der Waals surface area contributed by atoms with Crippen LogP contribution in [-0.2, 0) is 4.74 Å². The molecule has 2 atom stereocenters. The molecule has 0 N–H and O–H groups in total. The van der Waals surface area contributed by atoms with Gasteiger partial charge in [-0.25, -0.2) is 13.2 Å². The summed E-state index contributed by atoms with van der Waals surface area (Å²) in [5.74, 6) is -0.479. The van der Waals surface area contributed by atoms with Crippen LogP contribution in [0.2, 0.25) is 0 Å². The molecule has 2 fully saturated rings. The molecular formula is C14H21F5O. The SMILES string of the molecule is CC1CCC(C(F)(F)OC2CC(F)C(F)C(F)C2)CC1. The molecule has 0 radical (unpaired) electrons. The van der Waals surface area contributed by atoms with Crippen molar-refractivity contribution in [3.05, 3.63) is 0 Å². The van der Waals surface area contributed by atoms with Crippen molar-refractivity contribution < 1.29 is 26.7 Å². The van der Waals surface area contributed by atoms with Crippen LogP contribution in [0.1, 0.15) is 45.4 Å². The highest BCUT2D eigenvalue weighted by Gasteiger charge is 2.47. The molecule has 2 saturated carbocycles. The molecular weight excluding hydrogens is 279 g/mol. The van der Waals surface area contributed by atoms with Gasteiger partial charge >= 0.3 is 6.11 Å². The molecule has 2 aliphatic rings. The van der Waals surface area contributed by atoms with Gasteiger partial charge in [0.1, 0.15) is 12.3 Å². The largest absolute Gasteiger partial charge is 0.358 e. The molecule has 118 valence electrons. The Morgan fingerprint density at radius 1 is 0.900 bits per heavy atom. The van der Waals surface area contributed by atoms with E-state index in [4.69, 9.17) is 0 Å². The van der Waals surface area contributed by atoms with Crippen molar-refractivity contribution in [2.24, 2.45) is 11.8 Å². The van der Waals surface area contributed by atoms with Gasteiger partial charge in [-0.1, -0.05) is 19.8 Å². The first-order chi connectivity index (χ1) is 9.29. The topological polar surface area (TPSA) is 9.23 Å². The minimum atomic E-state index is -3.38. The zero-order chi connectivity index (χ0) is 14.9. The van der Waals surface area contributed by atoms with Gasteiger partial charge < -0.3 is 4.74 Å². The van der Waals surface area contributed by atoms with Gasteiger partial charge in [0.25, 0.3) is 0 Å². The van der Waals surface area contributed by atoms with Crippen LogP contribution in [0.4, 0.5) is 22.0 Å². The Hall–Kier alpha value is -0.390. The molecule has 0 aromatic heterocycles. The monoisotopic (exact) mass is 300 g/mol. The van der Waals surface area contributed by atoms with Crippen LogP contribution in [0.3, 0.4) is 0 Å². The summed E-state index contributed by atoms with van der Waals surface area (Å²) < 4.78 is 72.1. The van der Waals surface area contributed by atoms with Gasteiger partial charge in [0.15, 0.2) is 6.17 Å². The van der Waals surface area contributed by atoms with E-state index in [1.165, 1.54) is 0 Å². The lowest BCUT2D eigenvalue weighted by Crippen LogP contribution is -2.45. The minimum absolute atomic E-state index is 0.352. The molecule has 0 aromatic carbocycles. The average molecular weight is 300 g/mol. The number of alkyl halides is 5. The highest BCUT2D eigenvalue weighted by Crippen LogP contribution is 2.42. The van der Waals surface area contributed by atoms with Crippen molar-refractivity contribution in [2.75, 3.05) is 0 Å². The summed E-state index contributed by atoms with van der Waals surface area (Å²) >= 11 is 0. The molecule has 2 rings (SSSR count). The maximum Gasteiger partial charge on any atom is 0.358 e. The van der Waals surface area contributed by atoms with E-state index in [0.29, 0.717) is 31.6 Å². The van der Waals surface area contributed by atoms with Crippen molar-refractivity contribution in [3.63, 3.8) is 0 Å². The molecule has 0 bridgehead atoms. The van der Waals surface area contributed by atoms with Gasteiger partial charge in [0.05, 0.1) is 12.0 Å². The van der Waals surface area contributed by atoms with E-state index in [1.807, 2.05) is 6.92 Å². The summed E-state index contributed by atoms with van der Waals surface area (Å²) in [7, 11) is 0. The molecule has 0 spiro atoms. The Balaban J connectivity index is 1.91. The molecule has 0 aromatic rings. The van der Waals surface area contributed by atoms with Crippen molar-refractivity contribution in [2.45, 2.75) is 76.2 Å². The first kappa shape index (κ1) is 16.0. The fourth-order valence-electron chi connectivity index (χ4n) is 3.10. The summed E-state index contributed by atoms with van der Waals surface area (Å²) in [6.45, 7) is 2.01. The Labute approximate surface area is 115 Å². The second kappa shape index (κ2) is 6.16. The lowest BCUT2D eigenvalue weighted by molar-refractivity contribution is -0.306. The van der Waals surface area contributed by atoms with E-state index in [2.05, 4.69) is 4.74 Å². The third kappa shape index (κ3) is 3.62. The second-order valence-electron chi connectivity index (χ2n) is 6.21. The molecule has 2 unspecified atom stereocenters. The summed E-state index contributed by atoms with van der Waals surface area (Å²) in [4.78, 5) is 0. The smallest absolute Gasteiger partial charge is 0.317 e. The van der Waals surface area contributed by atoms with Crippen LogP contribution in [-0.4, -0.2) is 30.7 Å². The van der Waals surface area contributed by atoms with Crippen LogP contribution in [0, 0.1) is 11.8 Å². The summed E-state index contributed by atoms with van der Waals surface area (Å²) in [6, 6.07) is 0. The van der Waals surface area contributed by atoms with E-state index >= 15 is 0 Å². The fraction of sp³-hybridized carbons (Fsp3) is 1.00. The highest BCUT2D eigenvalue weighted by molar-refractivity contribution is 4.88. The lowest BCUT2D eigenvalue weighted by Gasteiger charge is -2.37. The van der Waals surface area contributed by atoms with Crippen LogP contribution in [0.5, 0.6) is 0 Å². The number of halogens is 5. The Morgan fingerprint density at radius 3 is 1.90 bits per heavy atom. The van der Waals surface area contributed by atoms with E-state index in [0.717, 1.165) is 0 Å². The van der Waals surface area contributed by atoms with E-state index in [1.54, 1.807) is 0 Å². The van der Waals surface area contributed by atoms with Crippen molar-refractivity contribution in [1.29, 1.82) is 0 Å². The average Bonchev–Trinajstić information content (AvgIpc) is 2.36. The summed E-state index contributed by atoms with van der Waals surface area (Å²) in [6.07, 6.45) is -9.86. The fourth-order valence-corrected chi connectivity index (χ4v) is 3.10. The predicted molar refractivity (Wildman–Crippen MR) is 64.9 cm³/mol. The first-order valence-electron chi connectivity index (χ1n) is 7.27. The Kier molecular flexibility index (Phi) is 4.92. The Bertz CT molecular complexity index is 305. The number of rotatable bonds is 3. The molecule has 6 heteroatoms. The second-order valence-corrected chi connectivity index (χ2v) is 6.21. The normalized spacial score (nSPS) is 43.5. The van der Waals surface area contributed by atoms with Crippen LogP contribution in [0.15, 0.2) is 0 Å². The molecule has 0 amide bonds. The van der Waals surface area contributed by atoms with E-state index in [-0.39, 0.29) is 0 Å². The van der Waals surface area contributed by atoms with E-state index < -0.39 is 49.5 Å². The van der Waals surface area contributed by atoms with Crippen LogP contribution < -0.4 is 0 Å². The zero-order valence-electron chi connectivity index (χ0n) is 11.5. The molecule has 0 heterocycles. The van der Waals surface area contributed by atoms with Crippen LogP contribution in [0.25, 0.3) is 0 Å². The predicted octanol–water partition coefficient (Wildman–Crippen LogP) is 4.60. The molecule has 2 aliphatic carbocycles. The molecule has 20 heavy (non-hydrogen) atoms. The van der Waals surface area contributed by atoms with Gasteiger partial charge in [-0.15, -0.1) is 0 Å². The van der Waals surface area contributed by atoms with Crippen molar-refractivity contribution >= 4 is 0 Å². The summed E-state index contributed by atoms with van der Waals surface area (Å²) in [5, 5.41) is 0. The van der Waals surface area contributed by atoms with Gasteiger partial charge in [0, 0.05) is 12.8 Å². The van der Waals surface area contributed by atoms with Crippen molar-refractivity contribution in [1.82, 2.24) is 0 Å². The van der Waals surface area contributed by atoms with Crippen LogP contribution >= 0.6 is 0 Å². The first-order valence-corrected chi connectivity index (χ1v) is 7.27. The molecule has 0 aliphatic heterocycles. The quantitative estimate of drug-likeness (QED) is 0.692. The van der Waals surface area contributed by atoms with Gasteiger partial charge in [-0.05, 0) is 18.8 Å². The molecule has 1 nitrogen and oxygen atoms in total. The summed E-state index contributed by atoms with van der Waals surface area (Å²) in [5.41, 5.74) is 0. The lowest BCUT2D eigenvalue weighted by atomic mass is 9.82. The maximum absolute atomic E-state index is 14.0. The number of hydrogen-bond donors (Lipinski definition) is 0.